The summed E-state index contributed by atoms with van der Waals surface area (Å²) in [5, 5.41) is 2.77. The summed E-state index contributed by atoms with van der Waals surface area (Å²) in [5.41, 5.74) is 0.312. The molecule has 0 heterocycles. The first-order chi connectivity index (χ1) is 19.4. The van der Waals surface area contributed by atoms with Crippen molar-refractivity contribution in [3.05, 3.63) is 90.0 Å². The van der Waals surface area contributed by atoms with Crippen LogP contribution in [0.3, 0.4) is 0 Å². The number of amides is 2. The van der Waals surface area contributed by atoms with Crippen LogP contribution in [0.5, 0.6) is 5.75 Å². The first-order valence-corrected chi connectivity index (χ1v) is 14.7. The molecular formula is C30H35F2N3O5S. The van der Waals surface area contributed by atoms with Crippen molar-refractivity contribution in [2.24, 2.45) is 5.92 Å². The number of rotatable bonds is 13. The van der Waals surface area contributed by atoms with Crippen LogP contribution in [-0.2, 0) is 26.2 Å². The largest absolute Gasteiger partial charge is 0.494 e. The van der Waals surface area contributed by atoms with E-state index in [0.717, 1.165) is 33.5 Å². The van der Waals surface area contributed by atoms with Gasteiger partial charge >= 0.3 is 0 Å². The molecule has 0 aliphatic rings. The highest BCUT2D eigenvalue weighted by molar-refractivity contribution is 7.92. The number of sulfonamides is 1. The summed E-state index contributed by atoms with van der Waals surface area (Å²) in [4.78, 5) is 27.8. The van der Waals surface area contributed by atoms with Crippen LogP contribution in [0, 0.1) is 17.6 Å². The molecule has 0 aromatic heterocycles. The van der Waals surface area contributed by atoms with Gasteiger partial charge in [-0.05, 0) is 74.4 Å². The summed E-state index contributed by atoms with van der Waals surface area (Å²) in [6, 6.07) is 15.1. The van der Waals surface area contributed by atoms with Gasteiger partial charge in [0.1, 0.15) is 30.0 Å². The van der Waals surface area contributed by atoms with Gasteiger partial charge in [0.15, 0.2) is 0 Å². The second-order valence-electron chi connectivity index (χ2n) is 9.82. The number of nitrogens with zero attached hydrogens (tertiary/aromatic N) is 2. The minimum Gasteiger partial charge on any atom is -0.494 e. The number of carbonyl (C=O) groups is 2. The highest BCUT2D eigenvalue weighted by atomic mass is 32.2. The molecule has 0 aliphatic carbocycles. The lowest BCUT2D eigenvalue weighted by Crippen LogP contribution is -2.51. The number of carbonyl (C=O) groups excluding carboxylic acids is 2. The molecular weight excluding hydrogens is 552 g/mol. The van der Waals surface area contributed by atoms with Crippen LogP contribution in [0.1, 0.15) is 33.3 Å². The Kier molecular flexibility index (Phi) is 10.8. The van der Waals surface area contributed by atoms with E-state index in [4.69, 9.17) is 4.74 Å². The molecule has 1 unspecified atom stereocenters. The average Bonchev–Trinajstić information content (AvgIpc) is 2.94. The van der Waals surface area contributed by atoms with E-state index in [1.807, 2.05) is 13.8 Å². The summed E-state index contributed by atoms with van der Waals surface area (Å²) in [5.74, 6) is -1.74. The van der Waals surface area contributed by atoms with E-state index in [9.17, 15) is 26.8 Å². The third-order valence-electron chi connectivity index (χ3n) is 6.27. The van der Waals surface area contributed by atoms with E-state index in [1.165, 1.54) is 37.3 Å². The van der Waals surface area contributed by atoms with Crippen LogP contribution < -0.4 is 14.4 Å². The molecule has 2 amide bonds. The van der Waals surface area contributed by atoms with E-state index in [0.29, 0.717) is 18.9 Å². The Bertz CT molecular complexity index is 1430. The van der Waals surface area contributed by atoms with Crippen molar-refractivity contribution < 1.29 is 31.5 Å². The fourth-order valence-corrected chi connectivity index (χ4v) is 5.40. The first-order valence-electron chi connectivity index (χ1n) is 13.3. The van der Waals surface area contributed by atoms with Gasteiger partial charge in [-0.3, -0.25) is 13.9 Å². The minimum absolute atomic E-state index is 0.147. The lowest BCUT2D eigenvalue weighted by Gasteiger charge is -2.32. The summed E-state index contributed by atoms with van der Waals surface area (Å²) < 4.78 is 62.1. The van der Waals surface area contributed by atoms with Gasteiger partial charge in [0.2, 0.25) is 11.8 Å². The van der Waals surface area contributed by atoms with Gasteiger partial charge in [-0.15, -0.1) is 0 Å². The van der Waals surface area contributed by atoms with Gasteiger partial charge in [-0.2, -0.15) is 0 Å². The summed E-state index contributed by atoms with van der Waals surface area (Å²) in [7, 11) is -4.37. The van der Waals surface area contributed by atoms with Crippen LogP contribution in [0.25, 0.3) is 0 Å². The molecule has 3 aromatic rings. The van der Waals surface area contributed by atoms with Crippen molar-refractivity contribution in [3.8, 4) is 5.75 Å². The van der Waals surface area contributed by atoms with E-state index < -0.39 is 46.1 Å². The maximum absolute atomic E-state index is 14.6. The molecule has 0 aliphatic heterocycles. The average molecular weight is 588 g/mol. The normalized spacial score (nSPS) is 12.1. The number of ether oxygens (including phenoxy) is 1. The van der Waals surface area contributed by atoms with Crippen LogP contribution in [-0.4, -0.2) is 50.9 Å². The molecule has 3 rings (SSSR count). The maximum Gasteiger partial charge on any atom is 0.264 e. The van der Waals surface area contributed by atoms with Crippen LogP contribution >= 0.6 is 0 Å². The van der Waals surface area contributed by atoms with Gasteiger partial charge in [-0.25, -0.2) is 17.2 Å². The number of anilines is 1. The number of nitrogens with one attached hydrogen (secondary N) is 1. The zero-order valence-electron chi connectivity index (χ0n) is 23.5. The molecule has 0 radical (unpaired) electrons. The van der Waals surface area contributed by atoms with Gasteiger partial charge in [0, 0.05) is 18.7 Å². The van der Waals surface area contributed by atoms with E-state index in [1.54, 1.807) is 25.1 Å². The third-order valence-corrected chi connectivity index (χ3v) is 8.05. The lowest BCUT2D eigenvalue weighted by molar-refractivity contribution is -0.139. The quantitative estimate of drug-likeness (QED) is 0.312. The van der Waals surface area contributed by atoms with Crippen molar-refractivity contribution >= 4 is 27.5 Å². The highest BCUT2D eigenvalue weighted by Gasteiger charge is 2.33. The predicted octanol–water partition coefficient (Wildman–Crippen LogP) is 4.75. The Hall–Kier alpha value is -3.99. The Balaban J connectivity index is 2.03. The Morgan fingerprint density at radius 2 is 1.56 bits per heavy atom. The maximum atomic E-state index is 14.6. The molecule has 11 heteroatoms. The highest BCUT2D eigenvalue weighted by Crippen LogP contribution is 2.27. The molecule has 0 saturated heterocycles. The van der Waals surface area contributed by atoms with Gasteiger partial charge in [0.05, 0.1) is 17.2 Å². The molecule has 220 valence electrons. The molecule has 0 spiro atoms. The molecule has 0 bridgehead atoms. The number of hydrogen-bond acceptors (Lipinski definition) is 5. The molecule has 0 saturated carbocycles. The molecule has 0 fully saturated rings. The third kappa shape index (κ3) is 8.26. The van der Waals surface area contributed by atoms with Gasteiger partial charge < -0.3 is 15.0 Å². The van der Waals surface area contributed by atoms with Crippen molar-refractivity contribution in [2.75, 3.05) is 24.0 Å². The van der Waals surface area contributed by atoms with Crippen LogP contribution in [0.2, 0.25) is 0 Å². The number of halogens is 2. The standard InChI is InChI=1S/C30H35F2N3O5S/c1-5-40-26-14-12-25(13-15-26)35(41(38,39)27-16-10-24(31)11-17-27)20-29(36)34(19-23-8-6-7-9-28(23)32)22(4)30(37)33-18-21(2)3/h6-17,21-22H,5,18-20H2,1-4H3,(H,33,37). The van der Waals surface area contributed by atoms with Gasteiger partial charge in [-0.1, -0.05) is 32.0 Å². The summed E-state index contributed by atoms with van der Waals surface area (Å²) in [6.45, 7) is 6.94. The van der Waals surface area contributed by atoms with E-state index in [-0.39, 0.29) is 28.6 Å². The number of hydrogen-bond donors (Lipinski definition) is 1. The van der Waals surface area contributed by atoms with Crippen molar-refractivity contribution in [1.29, 1.82) is 0 Å². The fourth-order valence-electron chi connectivity index (χ4n) is 3.98. The van der Waals surface area contributed by atoms with E-state index in [2.05, 4.69) is 5.32 Å². The zero-order valence-corrected chi connectivity index (χ0v) is 24.3. The number of benzene rings is 3. The van der Waals surface area contributed by atoms with Gasteiger partial charge in [0.25, 0.3) is 10.0 Å². The monoisotopic (exact) mass is 587 g/mol. The summed E-state index contributed by atoms with van der Waals surface area (Å²) in [6.07, 6.45) is 0. The van der Waals surface area contributed by atoms with Crippen molar-refractivity contribution in [3.63, 3.8) is 0 Å². The van der Waals surface area contributed by atoms with E-state index >= 15 is 0 Å². The molecule has 41 heavy (non-hydrogen) atoms. The fraction of sp³-hybridized carbons (Fsp3) is 0.333. The Morgan fingerprint density at radius 1 is 0.927 bits per heavy atom. The smallest absolute Gasteiger partial charge is 0.264 e. The predicted molar refractivity (Wildman–Crippen MR) is 153 cm³/mol. The van der Waals surface area contributed by atoms with Crippen molar-refractivity contribution in [1.82, 2.24) is 10.2 Å². The Morgan fingerprint density at radius 3 is 2.15 bits per heavy atom. The van der Waals surface area contributed by atoms with Crippen LogP contribution in [0.15, 0.2) is 77.7 Å². The first kappa shape index (κ1) is 31.5. The second-order valence-corrected chi connectivity index (χ2v) is 11.7. The molecule has 1 atom stereocenters. The van der Waals surface area contributed by atoms with Crippen molar-refractivity contribution in [2.45, 2.75) is 45.2 Å². The molecule has 3 aromatic carbocycles. The SMILES string of the molecule is CCOc1ccc(N(CC(=O)N(Cc2ccccc2F)C(C)C(=O)NCC(C)C)S(=O)(=O)c2ccc(F)cc2)cc1. The van der Waals surface area contributed by atoms with Crippen LogP contribution in [0.4, 0.5) is 14.5 Å². The topological polar surface area (TPSA) is 96.0 Å². The Labute approximate surface area is 240 Å². The molecule has 1 N–H and O–H groups in total. The zero-order chi connectivity index (χ0) is 30.2. The second kappa shape index (κ2) is 14.1. The minimum atomic E-state index is -4.37. The molecule has 8 nitrogen and oxygen atoms in total. The summed E-state index contributed by atoms with van der Waals surface area (Å²) >= 11 is 0. The lowest BCUT2D eigenvalue weighted by atomic mass is 10.1.